The molecule has 0 amide bonds. The molecule has 0 aliphatic heterocycles. The largest absolute Gasteiger partial charge is 0.508 e. The van der Waals surface area contributed by atoms with E-state index >= 15 is 0 Å². The molecule has 1 unspecified atom stereocenters. The third-order valence-corrected chi connectivity index (χ3v) is 3.30. The number of thiazole rings is 1. The molecule has 2 aromatic rings. The first-order valence-corrected chi connectivity index (χ1v) is 6.14. The molecule has 90 valence electrons. The molecule has 0 saturated heterocycles. The second kappa shape index (κ2) is 5.25. The highest BCUT2D eigenvalue weighted by atomic mass is 32.1. The van der Waals surface area contributed by atoms with Crippen LogP contribution >= 0.6 is 11.3 Å². The second-order valence-electron chi connectivity index (χ2n) is 3.77. The van der Waals surface area contributed by atoms with Crippen LogP contribution in [0.3, 0.4) is 0 Å². The highest BCUT2D eigenvalue weighted by Crippen LogP contribution is 2.25. The van der Waals surface area contributed by atoms with Crippen molar-refractivity contribution in [2.45, 2.75) is 19.5 Å². The molecular formula is C12H13FN2OS. The average molecular weight is 252 g/mol. The van der Waals surface area contributed by atoms with Crippen molar-refractivity contribution in [2.75, 3.05) is 0 Å². The Morgan fingerprint density at radius 2 is 2.35 bits per heavy atom. The summed E-state index contributed by atoms with van der Waals surface area (Å²) in [5.74, 6) is -0.449. The molecule has 0 saturated carbocycles. The van der Waals surface area contributed by atoms with E-state index in [2.05, 4.69) is 10.3 Å². The summed E-state index contributed by atoms with van der Waals surface area (Å²) in [6.45, 7) is 2.61. The van der Waals surface area contributed by atoms with Crippen LogP contribution < -0.4 is 5.32 Å². The van der Waals surface area contributed by atoms with E-state index in [0.717, 1.165) is 10.9 Å². The van der Waals surface area contributed by atoms with E-state index in [0.29, 0.717) is 12.1 Å². The number of aromatic hydroxyl groups is 1. The van der Waals surface area contributed by atoms with Gasteiger partial charge in [-0.3, -0.25) is 4.98 Å². The number of nitrogens with zero attached hydrogens (tertiary/aromatic N) is 1. The number of nitrogens with one attached hydrogen (secondary N) is 1. The van der Waals surface area contributed by atoms with Crippen LogP contribution in [0.15, 0.2) is 29.9 Å². The molecule has 3 nitrogen and oxygen atoms in total. The molecule has 0 aliphatic rings. The molecule has 0 radical (unpaired) electrons. The first-order chi connectivity index (χ1) is 8.16. The molecule has 2 N–H and O–H groups in total. The Balaban J connectivity index is 2.01. The molecule has 0 bridgehead atoms. The van der Waals surface area contributed by atoms with E-state index in [1.54, 1.807) is 29.1 Å². The third-order valence-electron chi connectivity index (χ3n) is 2.52. The maximum atomic E-state index is 12.8. The first-order valence-electron chi connectivity index (χ1n) is 5.26. The minimum atomic E-state index is -0.430. The predicted octanol–water partition coefficient (Wildman–Crippen LogP) is 2.84. The molecule has 0 aliphatic carbocycles. The summed E-state index contributed by atoms with van der Waals surface area (Å²) in [5, 5.41) is 12.9. The molecule has 2 rings (SSSR count). The van der Waals surface area contributed by atoms with Crippen LogP contribution in [0.25, 0.3) is 0 Å². The van der Waals surface area contributed by atoms with Crippen LogP contribution in [0.1, 0.15) is 23.4 Å². The number of rotatable bonds is 4. The van der Waals surface area contributed by atoms with Crippen molar-refractivity contribution < 1.29 is 9.50 Å². The maximum absolute atomic E-state index is 12.8. The molecular weight excluding hydrogens is 239 g/mol. The van der Waals surface area contributed by atoms with Gasteiger partial charge < -0.3 is 10.4 Å². The van der Waals surface area contributed by atoms with Crippen LogP contribution in [0.4, 0.5) is 4.39 Å². The van der Waals surface area contributed by atoms with E-state index in [1.165, 1.54) is 6.07 Å². The highest BCUT2D eigenvalue weighted by molar-refractivity contribution is 7.09. The highest BCUT2D eigenvalue weighted by Gasteiger charge is 2.10. The number of hydrogen-bond donors (Lipinski definition) is 2. The molecule has 0 fully saturated rings. The van der Waals surface area contributed by atoms with E-state index in [4.69, 9.17) is 0 Å². The number of phenolic OH excluding ortho intramolecular Hbond substituents is 1. The monoisotopic (exact) mass is 252 g/mol. The second-order valence-corrected chi connectivity index (χ2v) is 4.74. The van der Waals surface area contributed by atoms with Crippen molar-refractivity contribution in [2.24, 2.45) is 0 Å². The van der Waals surface area contributed by atoms with Crippen molar-refractivity contribution >= 4 is 11.3 Å². The van der Waals surface area contributed by atoms with Gasteiger partial charge in [0.05, 0.1) is 5.51 Å². The quantitative estimate of drug-likeness (QED) is 0.879. The van der Waals surface area contributed by atoms with E-state index in [9.17, 15) is 9.50 Å². The fraction of sp³-hybridized carbons (Fsp3) is 0.250. The summed E-state index contributed by atoms with van der Waals surface area (Å²) in [5.41, 5.74) is 2.47. The first kappa shape index (κ1) is 12.0. The van der Waals surface area contributed by atoms with Gasteiger partial charge in [0.1, 0.15) is 11.6 Å². The Bertz CT molecular complexity index is 487. The number of aromatic nitrogens is 1. The summed E-state index contributed by atoms with van der Waals surface area (Å²) >= 11 is 1.57. The SMILES string of the molecule is CC(NCc1cncs1)c1ccc(F)cc1O. The van der Waals surface area contributed by atoms with Crippen LogP contribution in [-0.2, 0) is 6.54 Å². The molecule has 1 heterocycles. The standard InChI is InChI=1S/C12H13FN2OS/c1-8(15-6-10-5-14-7-17-10)11-3-2-9(13)4-12(11)16/h2-5,7-8,15-16H,6H2,1H3. The van der Waals surface area contributed by atoms with Crippen LogP contribution in [0, 0.1) is 5.82 Å². The van der Waals surface area contributed by atoms with Gasteiger partial charge in [-0.15, -0.1) is 11.3 Å². The van der Waals surface area contributed by atoms with Gasteiger partial charge in [-0.1, -0.05) is 6.07 Å². The molecule has 1 atom stereocenters. The smallest absolute Gasteiger partial charge is 0.126 e. The lowest BCUT2D eigenvalue weighted by Crippen LogP contribution is -2.17. The van der Waals surface area contributed by atoms with Gasteiger partial charge in [0.2, 0.25) is 0 Å². The number of phenols is 1. The Kier molecular flexibility index (Phi) is 3.71. The van der Waals surface area contributed by atoms with Gasteiger partial charge in [-0.05, 0) is 13.0 Å². The number of benzene rings is 1. The lowest BCUT2D eigenvalue weighted by atomic mass is 10.1. The van der Waals surface area contributed by atoms with Gasteiger partial charge in [0.15, 0.2) is 0 Å². The zero-order valence-electron chi connectivity index (χ0n) is 9.35. The summed E-state index contributed by atoms with van der Waals surface area (Å²) in [4.78, 5) is 5.11. The van der Waals surface area contributed by atoms with Crippen molar-refractivity contribution in [3.05, 3.63) is 46.2 Å². The normalized spacial score (nSPS) is 12.6. The molecule has 17 heavy (non-hydrogen) atoms. The van der Waals surface area contributed by atoms with E-state index in [1.807, 2.05) is 6.92 Å². The van der Waals surface area contributed by atoms with Gasteiger partial charge in [0, 0.05) is 35.3 Å². The van der Waals surface area contributed by atoms with E-state index < -0.39 is 5.82 Å². The van der Waals surface area contributed by atoms with Crippen LogP contribution in [0.5, 0.6) is 5.75 Å². The Morgan fingerprint density at radius 3 is 3.00 bits per heavy atom. The molecule has 1 aromatic carbocycles. The van der Waals surface area contributed by atoms with Crippen LogP contribution in [0.2, 0.25) is 0 Å². The minimum Gasteiger partial charge on any atom is -0.508 e. The number of halogens is 1. The topological polar surface area (TPSA) is 45.2 Å². The lowest BCUT2D eigenvalue weighted by molar-refractivity contribution is 0.447. The maximum Gasteiger partial charge on any atom is 0.126 e. The van der Waals surface area contributed by atoms with Crippen molar-refractivity contribution in [1.82, 2.24) is 10.3 Å². The zero-order valence-corrected chi connectivity index (χ0v) is 10.2. The lowest BCUT2D eigenvalue weighted by Gasteiger charge is -2.14. The van der Waals surface area contributed by atoms with Gasteiger partial charge in [-0.25, -0.2) is 4.39 Å². The van der Waals surface area contributed by atoms with Crippen molar-refractivity contribution in [3.8, 4) is 5.75 Å². The molecule has 1 aromatic heterocycles. The average Bonchev–Trinajstić information content (AvgIpc) is 2.78. The fourth-order valence-corrected chi connectivity index (χ4v) is 2.12. The van der Waals surface area contributed by atoms with Gasteiger partial charge in [0.25, 0.3) is 0 Å². The zero-order chi connectivity index (χ0) is 12.3. The Labute approximate surface area is 103 Å². The predicted molar refractivity (Wildman–Crippen MR) is 65.4 cm³/mol. The molecule has 0 spiro atoms. The minimum absolute atomic E-state index is 0.0192. The Morgan fingerprint density at radius 1 is 1.53 bits per heavy atom. The summed E-state index contributed by atoms with van der Waals surface area (Å²) in [7, 11) is 0. The van der Waals surface area contributed by atoms with Crippen molar-refractivity contribution in [3.63, 3.8) is 0 Å². The molecule has 5 heteroatoms. The van der Waals surface area contributed by atoms with Gasteiger partial charge >= 0.3 is 0 Å². The fourth-order valence-electron chi connectivity index (χ4n) is 1.58. The Hall–Kier alpha value is -1.46. The summed E-state index contributed by atoms with van der Waals surface area (Å²) in [6.07, 6.45) is 1.80. The third kappa shape index (κ3) is 3.01. The number of hydrogen-bond acceptors (Lipinski definition) is 4. The van der Waals surface area contributed by atoms with E-state index in [-0.39, 0.29) is 11.8 Å². The van der Waals surface area contributed by atoms with Gasteiger partial charge in [-0.2, -0.15) is 0 Å². The summed E-state index contributed by atoms with van der Waals surface area (Å²) in [6, 6.07) is 4.02. The summed E-state index contributed by atoms with van der Waals surface area (Å²) < 4.78 is 12.8. The van der Waals surface area contributed by atoms with Crippen molar-refractivity contribution in [1.29, 1.82) is 0 Å². The van der Waals surface area contributed by atoms with Crippen LogP contribution in [-0.4, -0.2) is 10.1 Å².